The van der Waals surface area contributed by atoms with Crippen molar-refractivity contribution >= 4 is 0 Å². The molecular formula is C15H18N2O. The molecule has 94 valence electrons. The summed E-state index contributed by atoms with van der Waals surface area (Å²) in [6, 6.07) is 11.2. The van der Waals surface area contributed by atoms with Crippen molar-refractivity contribution in [2.24, 2.45) is 5.73 Å². The first-order valence-corrected chi connectivity index (χ1v) is 6.06. The topological polar surface area (TPSA) is 48.0 Å². The first-order chi connectivity index (χ1) is 8.58. The zero-order valence-electron chi connectivity index (χ0n) is 10.8. The van der Waals surface area contributed by atoms with E-state index in [9.17, 15) is 4.79 Å². The van der Waals surface area contributed by atoms with Gasteiger partial charge in [0.15, 0.2) is 0 Å². The molecule has 3 nitrogen and oxygen atoms in total. The Labute approximate surface area is 107 Å². The van der Waals surface area contributed by atoms with Crippen molar-refractivity contribution in [2.45, 2.75) is 26.4 Å². The highest BCUT2D eigenvalue weighted by molar-refractivity contribution is 5.32. The minimum atomic E-state index is -0.161. The molecule has 0 radical (unpaired) electrons. The van der Waals surface area contributed by atoms with Gasteiger partial charge < -0.3 is 10.3 Å². The Morgan fingerprint density at radius 1 is 1.22 bits per heavy atom. The van der Waals surface area contributed by atoms with Crippen LogP contribution < -0.4 is 11.3 Å². The molecular weight excluding hydrogens is 224 g/mol. The molecule has 0 fully saturated rings. The zero-order valence-corrected chi connectivity index (χ0v) is 10.8. The van der Waals surface area contributed by atoms with Crippen LogP contribution in [0.2, 0.25) is 0 Å². The summed E-state index contributed by atoms with van der Waals surface area (Å²) in [4.78, 5) is 11.6. The summed E-state index contributed by atoms with van der Waals surface area (Å²) in [7, 11) is 0. The molecule has 1 aromatic carbocycles. The Balaban J connectivity index is 2.25. The van der Waals surface area contributed by atoms with Gasteiger partial charge in [-0.05, 0) is 31.0 Å². The van der Waals surface area contributed by atoms with Gasteiger partial charge >= 0.3 is 0 Å². The number of aryl methyl sites for hydroxylation is 2. The standard InChI is InChI=1S/C15H18N2O/c1-11-6-7-13(12(2)9-11)14(16)10-17-8-4-3-5-15(17)18/h3-9,14H,10,16H2,1-2H3. The van der Waals surface area contributed by atoms with E-state index in [1.807, 2.05) is 12.1 Å². The third kappa shape index (κ3) is 2.68. The molecule has 1 aromatic heterocycles. The maximum absolute atomic E-state index is 11.6. The molecule has 0 aliphatic carbocycles. The Hall–Kier alpha value is -1.87. The Kier molecular flexibility index (Phi) is 3.63. The van der Waals surface area contributed by atoms with Crippen LogP contribution >= 0.6 is 0 Å². The highest BCUT2D eigenvalue weighted by Gasteiger charge is 2.10. The average molecular weight is 242 g/mol. The van der Waals surface area contributed by atoms with Gasteiger partial charge in [-0.2, -0.15) is 0 Å². The summed E-state index contributed by atoms with van der Waals surface area (Å²) in [6.45, 7) is 4.61. The van der Waals surface area contributed by atoms with Crippen LogP contribution in [-0.2, 0) is 6.54 Å². The number of nitrogens with zero attached hydrogens (tertiary/aromatic N) is 1. The number of rotatable bonds is 3. The lowest BCUT2D eigenvalue weighted by Crippen LogP contribution is -2.26. The van der Waals surface area contributed by atoms with Gasteiger partial charge in [0, 0.05) is 24.8 Å². The molecule has 0 aliphatic heterocycles. The van der Waals surface area contributed by atoms with Crippen molar-refractivity contribution in [3.8, 4) is 0 Å². The van der Waals surface area contributed by atoms with E-state index in [1.54, 1.807) is 22.9 Å². The van der Waals surface area contributed by atoms with Gasteiger partial charge in [0.25, 0.3) is 5.56 Å². The van der Waals surface area contributed by atoms with Gasteiger partial charge in [-0.1, -0.05) is 29.8 Å². The smallest absolute Gasteiger partial charge is 0.250 e. The van der Waals surface area contributed by atoms with Gasteiger partial charge in [0.2, 0.25) is 0 Å². The summed E-state index contributed by atoms with van der Waals surface area (Å²) in [5.41, 5.74) is 9.66. The van der Waals surface area contributed by atoms with Crippen molar-refractivity contribution < 1.29 is 0 Å². The van der Waals surface area contributed by atoms with Crippen LogP contribution in [0.4, 0.5) is 0 Å². The van der Waals surface area contributed by atoms with Crippen LogP contribution in [-0.4, -0.2) is 4.57 Å². The fraction of sp³-hybridized carbons (Fsp3) is 0.267. The van der Waals surface area contributed by atoms with E-state index in [-0.39, 0.29) is 11.6 Å². The maximum Gasteiger partial charge on any atom is 0.250 e. The van der Waals surface area contributed by atoms with Crippen LogP contribution in [0.15, 0.2) is 47.4 Å². The highest BCUT2D eigenvalue weighted by atomic mass is 16.1. The van der Waals surface area contributed by atoms with E-state index in [0.29, 0.717) is 6.54 Å². The molecule has 1 heterocycles. The fourth-order valence-corrected chi connectivity index (χ4v) is 2.16. The molecule has 0 saturated heterocycles. The molecule has 1 unspecified atom stereocenters. The third-order valence-electron chi connectivity index (χ3n) is 3.12. The van der Waals surface area contributed by atoms with Crippen LogP contribution in [0.25, 0.3) is 0 Å². The highest BCUT2D eigenvalue weighted by Crippen LogP contribution is 2.18. The molecule has 2 aromatic rings. The van der Waals surface area contributed by atoms with Crippen LogP contribution in [0.1, 0.15) is 22.7 Å². The predicted molar refractivity (Wildman–Crippen MR) is 73.5 cm³/mol. The molecule has 0 bridgehead atoms. The summed E-state index contributed by atoms with van der Waals surface area (Å²) in [5.74, 6) is 0. The van der Waals surface area contributed by atoms with Gasteiger partial charge in [-0.25, -0.2) is 0 Å². The van der Waals surface area contributed by atoms with Crippen molar-refractivity contribution in [2.75, 3.05) is 0 Å². The van der Waals surface area contributed by atoms with Crippen LogP contribution in [0.3, 0.4) is 0 Å². The molecule has 18 heavy (non-hydrogen) atoms. The Morgan fingerprint density at radius 3 is 2.67 bits per heavy atom. The summed E-state index contributed by atoms with van der Waals surface area (Å²) in [5, 5.41) is 0. The average Bonchev–Trinajstić information content (AvgIpc) is 2.32. The summed E-state index contributed by atoms with van der Waals surface area (Å²) >= 11 is 0. The number of aromatic nitrogens is 1. The second kappa shape index (κ2) is 5.19. The molecule has 2 N–H and O–H groups in total. The van der Waals surface area contributed by atoms with Crippen molar-refractivity contribution in [1.29, 1.82) is 0 Å². The van der Waals surface area contributed by atoms with E-state index in [1.165, 1.54) is 11.1 Å². The molecule has 1 atom stereocenters. The van der Waals surface area contributed by atoms with Crippen molar-refractivity contribution in [3.05, 3.63) is 69.6 Å². The lowest BCUT2D eigenvalue weighted by atomic mass is 10.00. The Morgan fingerprint density at radius 2 is 2.00 bits per heavy atom. The molecule has 0 saturated carbocycles. The first kappa shape index (κ1) is 12.6. The minimum absolute atomic E-state index is 0.0160. The SMILES string of the molecule is Cc1ccc(C(N)Cn2ccccc2=O)c(C)c1. The van der Waals surface area contributed by atoms with Gasteiger partial charge in [-0.15, -0.1) is 0 Å². The quantitative estimate of drug-likeness (QED) is 0.896. The number of hydrogen-bond acceptors (Lipinski definition) is 2. The number of benzene rings is 1. The van der Waals surface area contributed by atoms with E-state index in [4.69, 9.17) is 5.73 Å². The number of nitrogens with two attached hydrogens (primary N) is 1. The summed E-state index contributed by atoms with van der Waals surface area (Å²) in [6.07, 6.45) is 1.77. The van der Waals surface area contributed by atoms with Crippen LogP contribution in [0, 0.1) is 13.8 Å². The predicted octanol–water partition coefficient (Wildman–Crippen LogP) is 2.17. The maximum atomic E-state index is 11.6. The minimum Gasteiger partial charge on any atom is -0.322 e. The molecule has 3 heteroatoms. The zero-order chi connectivity index (χ0) is 13.1. The van der Waals surface area contributed by atoms with E-state index < -0.39 is 0 Å². The monoisotopic (exact) mass is 242 g/mol. The van der Waals surface area contributed by atoms with E-state index >= 15 is 0 Å². The van der Waals surface area contributed by atoms with E-state index in [2.05, 4.69) is 26.0 Å². The van der Waals surface area contributed by atoms with Crippen LogP contribution in [0.5, 0.6) is 0 Å². The van der Waals surface area contributed by atoms with Gasteiger partial charge in [-0.3, -0.25) is 4.79 Å². The van der Waals surface area contributed by atoms with Gasteiger partial charge in [0.1, 0.15) is 0 Å². The normalized spacial score (nSPS) is 12.4. The Bertz CT molecular complexity index is 601. The number of pyridine rings is 1. The fourth-order valence-electron chi connectivity index (χ4n) is 2.16. The third-order valence-corrected chi connectivity index (χ3v) is 3.12. The molecule has 0 spiro atoms. The molecule has 2 rings (SSSR count). The molecule has 0 amide bonds. The van der Waals surface area contributed by atoms with E-state index in [0.717, 1.165) is 5.56 Å². The first-order valence-electron chi connectivity index (χ1n) is 6.06. The van der Waals surface area contributed by atoms with Crippen molar-refractivity contribution in [1.82, 2.24) is 4.57 Å². The number of hydrogen-bond donors (Lipinski definition) is 1. The van der Waals surface area contributed by atoms with Gasteiger partial charge in [0.05, 0.1) is 0 Å². The molecule has 0 aliphatic rings. The largest absolute Gasteiger partial charge is 0.322 e. The second-order valence-corrected chi connectivity index (χ2v) is 4.66. The lowest BCUT2D eigenvalue weighted by Gasteiger charge is -2.16. The van der Waals surface area contributed by atoms with Crippen molar-refractivity contribution in [3.63, 3.8) is 0 Å². The summed E-state index contributed by atoms with van der Waals surface area (Å²) < 4.78 is 1.64. The lowest BCUT2D eigenvalue weighted by molar-refractivity contribution is 0.559. The second-order valence-electron chi connectivity index (χ2n) is 4.66.